The summed E-state index contributed by atoms with van der Waals surface area (Å²) in [5.74, 6) is 1.03. The third-order valence-electron chi connectivity index (χ3n) is 6.67. The highest BCUT2D eigenvalue weighted by molar-refractivity contribution is 5.99. The van der Waals surface area contributed by atoms with Crippen LogP contribution < -0.4 is 14.9 Å². The Hall–Kier alpha value is -3.32. The molecular weight excluding hydrogens is 470 g/mol. The van der Waals surface area contributed by atoms with Crippen molar-refractivity contribution in [2.75, 3.05) is 26.9 Å². The van der Waals surface area contributed by atoms with Gasteiger partial charge in [-0.1, -0.05) is 25.5 Å². The number of hydrogen-bond donors (Lipinski definition) is 0. The number of fused-ring (bicyclic) bond motifs is 2. The number of ether oxygens (including phenoxy) is 3. The molecule has 0 saturated heterocycles. The van der Waals surface area contributed by atoms with E-state index in [1.165, 1.54) is 0 Å². The van der Waals surface area contributed by atoms with Crippen LogP contribution in [0.5, 0.6) is 11.5 Å². The lowest BCUT2D eigenvalue weighted by Crippen LogP contribution is -2.31. The number of nitrogens with zero attached hydrogens (tertiary/aromatic N) is 1. The molecule has 2 aromatic carbocycles. The zero-order valence-corrected chi connectivity index (χ0v) is 22.7. The first-order valence-electron chi connectivity index (χ1n) is 13.1. The average Bonchev–Trinajstić information content (AvgIpc) is 3.13. The molecule has 0 bridgehead atoms. The fraction of sp³-hybridized carbons (Fsp3) is 0.467. The second-order valence-corrected chi connectivity index (χ2v) is 9.92. The number of carbonyl (C=O) groups is 1. The van der Waals surface area contributed by atoms with Crippen molar-refractivity contribution in [1.29, 1.82) is 0 Å². The molecular formula is C30H37NO6. The van der Waals surface area contributed by atoms with Crippen molar-refractivity contribution in [3.05, 3.63) is 68.6 Å². The maximum absolute atomic E-state index is 13.9. The summed E-state index contributed by atoms with van der Waals surface area (Å²) in [4.78, 5) is 29.3. The van der Waals surface area contributed by atoms with Gasteiger partial charge in [-0.2, -0.15) is 0 Å². The van der Waals surface area contributed by atoms with Crippen molar-refractivity contribution in [3.8, 4) is 11.5 Å². The summed E-state index contributed by atoms with van der Waals surface area (Å²) in [5.41, 5.74) is 3.22. The lowest BCUT2D eigenvalue weighted by molar-refractivity contribution is 0.0593. The van der Waals surface area contributed by atoms with Crippen molar-refractivity contribution in [2.24, 2.45) is 0 Å². The van der Waals surface area contributed by atoms with Crippen molar-refractivity contribution in [2.45, 2.75) is 66.0 Å². The molecule has 37 heavy (non-hydrogen) atoms. The van der Waals surface area contributed by atoms with Crippen LogP contribution in [-0.4, -0.2) is 43.8 Å². The highest BCUT2D eigenvalue weighted by Crippen LogP contribution is 2.41. The molecule has 1 aromatic heterocycles. The summed E-state index contributed by atoms with van der Waals surface area (Å²) in [5, 5.41) is 0.513. The highest BCUT2D eigenvalue weighted by atomic mass is 16.5. The summed E-state index contributed by atoms with van der Waals surface area (Å²) in [6, 6.07) is 8.80. The SMILES string of the molecule is CCCCOc1ccc(C2c3c(oc4cc(C)cc(C)c4c3=O)C(=O)N2CCCOC(C)C)cc1OC. The summed E-state index contributed by atoms with van der Waals surface area (Å²) in [6.07, 6.45) is 2.70. The van der Waals surface area contributed by atoms with Gasteiger partial charge in [0.15, 0.2) is 16.9 Å². The van der Waals surface area contributed by atoms with Gasteiger partial charge in [0.05, 0.1) is 36.8 Å². The number of methoxy groups -OCH3 is 1. The first-order chi connectivity index (χ1) is 17.8. The average molecular weight is 508 g/mol. The van der Waals surface area contributed by atoms with Crippen LogP contribution in [0.1, 0.15) is 78.9 Å². The predicted octanol–water partition coefficient (Wildman–Crippen LogP) is 5.96. The largest absolute Gasteiger partial charge is 0.493 e. The van der Waals surface area contributed by atoms with Gasteiger partial charge in [0.25, 0.3) is 5.91 Å². The smallest absolute Gasteiger partial charge is 0.290 e. The zero-order chi connectivity index (χ0) is 26.7. The van der Waals surface area contributed by atoms with Crippen LogP contribution >= 0.6 is 0 Å². The molecule has 1 aliphatic rings. The summed E-state index contributed by atoms with van der Waals surface area (Å²) >= 11 is 0. The monoisotopic (exact) mass is 507 g/mol. The molecule has 198 valence electrons. The molecule has 1 aliphatic heterocycles. The van der Waals surface area contributed by atoms with Crippen LogP contribution in [-0.2, 0) is 4.74 Å². The Labute approximate surface area is 218 Å². The molecule has 2 heterocycles. The zero-order valence-electron chi connectivity index (χ0n) is 22.7. The molecule has 7 nitrogen and oxygen atoms in total. The minimum Gasteiger partial charge on any atom is -0.493 e. The van der Waals surface area contributed by atoms with Gasteiger partial charge in [0.1, 0.15) is 5.58 Å². The Bertz CT molecular complexity index is 1340. The summed E-state index contributed by atoms with van der Waals surface area (Å²) in [6.45, 7) is 11.4. The van der Waals surface area contributed by atoms with E-state index in [2.05, 4.69) is 6.92 Å². The lowest BCUT2D eigenvalue weighted by Gasteiger charge is -2.26. The van der Waals surface area contributed by atoms with E-state index in [1.54, 1.807) is 12.0 Å². The summed E-state index contributed by atoms with van der Waals surface area (Å²) < 4.78 is 23.4. The second-order valence-electron chi connectivity index (χ2n) is 9.92. The van der Waals surface area contributed by atoms with Gasteiger partial charge >= 0.3 is 0 Å². The number of amides is 1. The Morgan fingerprint density at radius 1 is 1.03 bits per heavy atom. The number of benzene rings is 2. The van der Waals surface area contributed by atoms with Crippen LogP contribution in [0.25, 0.3) is 11.0 Å². The van der Waals surface area contributed by atoms with Gasteiger partial charge < -0.3 is 23.5 Å². The van der Waals surface area contributed by atoms with E-state index in [4.69, 9.17) is 18.6 Å². The normalized spacial score (nSPS) is 15.1. The Balaban J connectivity index is 1.82. The Morgan fingerprint density at radius 2 is 1.81 bits per heavy atom. The first-order valence-corrected chi connectivity index (χ1v) is 13.1. The molecule has 0 radical (unpaired) electrons. The van der Waals surface area contributed by atoms with E-state index in [9.17, 15) is 9.59 Å². The molecule has 0 N–H and O–H groups in total. The second kappa shape index (κ2) is 11.4. The number of unbranched alkanes of at least 4 members (excludes halogenated alkanes) is 1. The van der Waals surface area contributed by atoms with Crippen molar-refractivity contribution >= 4 is 16.9 Å². The number of aryl methyl sites for hydroxylation is 2. The van der Waals surface area contributed by atoms with E-state index in [1.807, 2.05) is 58.0 Å². The molecule has 1 atom stereocenters. The minimum absolute atomic E-state index is 0.103. The van der Waals surface area contributed by atoms with Crippen molar-refractivity contribution in [1.82, 2.24) is 4.90 Å². The third-order valence-corrected chi connectivity index (χ3v) is 6.67. The van der Waals surface area contributed by atoms with Crippen LogP contribution in [0.2, 0.25) is 0 Å². The molecule has 0 aliphatic carbocycles. The van der Waals surface area contributed by atoms with Crippen LogP contribution in [0.15, 0.2) is 39.5 Å². The number of hydrogen-bond acceptors (Lipinski definition) is 6. The molecule has 3 aromatic rings. The number of carbonyl (C=O) groups excluding carboxylic acids is 1. The van der Waals surface area contributed by atoms with Crippen molar-refractivity contribution in [3.63, 3.8) is 0 Å². The van der Waals surface area contributed by atoms with Gasteiger partial charge in [0.2, 0.25) is 5.76 Å². The van der Waals surface area contributed by atoms with E-state index >= 15 is 0 Å². The molecule has 1 unspecified atom stereocenters. The molecule has 0 saturated carbocycles. The summed E-state index contributed by atoms with van der Waals surface area (Å²) in [7, 11) is 1.59. The van der Waals surface area contributed by atoms with E-state index in [-0.39, 0.29) is 23.2 Å². The molecule has 7 heteroatoms. The lowest BCUT2D eigenvalue weighted by atomic mass is 9.96. The van der Waals surface area contributed by atoms with Gasteiger partial charge in [-0.25, -0.2) is 0 Å². The van der Waals surface area contributed by atoms with Gasteiger partial charge in [-0.3, -0.25) is 9.59 Å². The van der Waals surface area contributed by atoms with Crippen LogP contribution in [0.4, 0.5) is 0 Å². The van der Waals surface area contributed by atoms with E-state index in [0.29, 0.717) is 54.2 Å². The van der Waals surface area contributed by atoms with Crippen LogP contribution in [0.3, 0.4) is 0 Å². The van der Waals surface area contributed by atoms with E-state index < -0.39 is 6.04 Å². The van der Waals surface area contributed by atoms with Gasteiger partial charge in [0, 0.05) is 13.2 Å². The minimum atomic E-state index is -0.596. The maximum Gasteiger partial charge on any atom is 0.290 e. The maximum atomic E-state index is 13.9. The van der Waals surface area contributed by atoms with Crippen LogP contribution in [0, 0.1) is 13.8 Å². The van der Waals surface area contributed by atoms with E-state index in [0.717, 1.165) is 29.5 Å². The van der Waals surface area contributed by atoms with Crippen molar-refractivity contribution < 1.29 is 23.4 Å². The highest BCUT2D eigenvalue weighted by Gasteiger charge is 2.43. The molecule has 4 rings (SSSR count). The predicted molar refractivity (Wildman–Crippen MR) is 144 cm³/mol. The van der Waals surface area contributed by atoms with Gasteiger partial charge in [-0.15, -0.1) is 0 Å². The first kappa shape index (κ1) is 26.7. The molecule has 0 spiro atoms. The third kappa shape index (κ3) is 5.37. The van der Waals surface area contributed by atoms with Gasteiger partial charge in [-0.05, 0) is 75.4 Å². The molecule has 0 fully saturated rings. The molecule has 1 amide bonds. The fourth-order valence-corrected chi connectivity index (χ4v) is 4.94. The number of rotatable bonds is 11. The standard InChI is InChI=1S/C30H37NO6/c1-7-8-13-36-22-11-10-21(17-23(22)34-6)27-26-28(32)25-20(5)15-19(4)16-24(25)37-29(26)30(33)31(27)12-9-14-35-18(2)3/h10-11,15-18,27H,7-9,12-14H2,1-6H3. The Morgan fingerprint density at radius 3 is 2.51 bits per heavy atom. The fourth-order valence-electron chi connectivity index (χ4n) is 4.94. The quantitative estimate of drug-likeness (QED) is 0.298. The Kier molecular flexibility index (Phi) is 8.22. The topological polar surface area (TPSA) is 78.2 Å².